The van der Waals surface area contributed by atoms with Crippen LogP contribution in [0.25, 0.3) is 0 Å². The summed E-state index contributed by atoms with van der Waals surface area (Å²) in [4.78, 5) is 23.3. The van der Waals surface area contributed by atoms with Gasteiger partial charge < -0.3 is 39.9 Å². The molecule has 0 aromatic rings. The third kappa shape index (κ3) is 39.0. The van der Waals surface area contributed by atoms with Crippen LogP contribution in [-0.4, -0.2) is 98.9 Å². The number of phosphoric acid groups is 1. The number of esters is 1. The van der Waals surface area contributed by atoms with E-state index in [0.29, 0.717) is 13.0 Å². The van der Waals surface area contributed by atoms with E-state index in [4.69, 9.17) is 18.5 Å². The number of phosphoric ester groups is 1. The summed E-state index contributed by atoms with van der Waals surface area (Å²) in [5.41, 5.74) is 0. The van der Waals surface area contributed by atoms with Crippen molar-refractivity contribution >= 4 is 13.8 Å². The van der Waals surface area contributed by atoms with Gasteiger partial charge in [-0.15, -0.1) is 0 Å². The second kappa shape index (κ2) is 48.2. The van der Waals surface area contributed by atoms with E-state index in [1.54, 1.807) is 0 Å². The molecular weight excluding hydrogens is 932 g/mol. The molecule has 6 unspecified atom stereocenters. The average molecular weight is 1040 g/mol. The van der Waals surface area contributed by atoms with Gasteiger partial charge in [0.05, 0.1) is 13.2 Å². The van der Waals surface area contributed by atoms with Crippen molar-refractivity contribution in [1.29, 1.82) is 0 Å². The molecule has 13 heteroatoms. The lowest BCUT2D eigenvalue weighted by Crippen LogP contribution is -2.64. The Labute approximate surface area is 437 Å². The van der Waals surface area contributed by atoms with Gasteiger partial charge in [-0.2, -0.15) is 0 Å². The first-order chi connectivity index (χ1) is 35.0. The molecule has 72 heavy (non-hydrogen) atoms. The predicted molar refractivity (Wildman–Crippen MR) is 294 cm³/mol. The van der Waals surface area contributed by atoms with Crippen molar-refractivity contribution in [1.82, 2.24) is 0 Å². The lowest BCUT2D eigenvalue weighted by Gasteiger charge is -2.41. The van der Waals surface area contributed by atoms with Gasteiger partial charge in [-0.25, -0.2) is 4.57 Å². The zero-order valence-corrected chi connectivity index (χ0v) is 45.8. The maximum atomic E-state index is 12.9. The Balaban J connectivity index is 2.31. The quantitative estimate of drug-likeness (QED) is 0.0146. The van der Waals surface area contributed by atoms with Crippen LogP contribution in [0.1, 0.15) is 219 Å². The van der Waals surface area contributed by atoms with E-state index < -0.39 is 63.1 Å². The van der Waals surface area contributed by atoms with Gasteiger partial charge in [0.2, 0.25) is 0 Å². The summed E-state index contributed by atoms with van der Waals surface area (Å²) in [5.74, 6) is -0.492. The number of unbranched alkanes of at least 4 members (excludes halogenated alkanes) is 22. The molecule has 1 aliphatic carbocycles. The van der Waals surface area contributed by atoms with E-state index in [2.05, 4.69) is 98.9 Å². The SMILES string of the molecule is CC/C=C\C/C=C\C/C=C\C/C=C\CCCCCCCCCCCCCOCC(COP(=O)(O)OC1C(O)C(O)C(O)C(O)C1O)OC(=O)CCCCCCCC/C=C\C/C=C\C/C=C\CCCCCCC. The van der Waals surface area contributed by atoms with Gasteiger partial charge in [0, 0.05) is 13.0 Å². The van der Waals surface area contributed by atoms with Gasteiger partial charge in [0.25, 0.3) is 0 Å². The van der Waals surface area contributed by atoms with Crippen molar-refractivity contribution in [3.8, 4) is 0 Å². The van der Waals surface area contributed by atoms with Crippen molar-refractivity contribution in [2.45, 2.75) is 262 Å². The summed E-state index contributed by atoms with van der Waals surface area (Å²) in [6, 6.07) is 0. The molecule has 0 aromatic carbocycles. The molecule has 0 saturated heterocycles. The first-order valence-electron chi connectivity index (χ1n) is 28.4. The predicted octanol–water partition coefficient (Wildman–Crippen LogP) is 13.7. The Bertz CT molecular complexity index is 1510. The minimum Gasteiger partial charge on any atom is -0.457 e. The summed E-state index contributed by atoms with van der Waals surface area (Å²) in [7, 11) is -5.04. The van der Waals surface area contributed by atoms with Crippen LogP contribution in [0.2, 0.25) is 0 Å². The molecule has 0 radical (unpaired) electrons. The summed E-state index contributed by atoms with van der Waals surface area (Å²) < 4.78 is 34.4. The van der Waals surface area contributed by atoms with Gasteiger partial charge in [-0.1, -0.05) is 208 Å². The highest BCUT2D eigenvalue weighted by Crippen LogP contribution is 2.47. The number of hydrogen-bond donors (Lipinski definition) is 6. The first-order valence-corrected chi connectivity index (χ1v) is 29.9. The Morgan fingerprint density at radius 1 is 0.458 bits per heavy atom. The molecular formula is C59H103O12P. The summed E-state index contributed by atoms with van der Waals surface area (Å²) in [6.07, 6.45) is 53.6. The van der Waals surface area contributed by atoms with Crippen molar-refractivity contribution < 1.29 is 58.3 Å². The molecule has 0 bridgehead atoms. The maximum Gasteiger partial charge on any atom is 0.472 e. The highest BCUT2D eigenvalue weighted by atomic mass is 31.2. The monoisotopic (exact) mass is 1030 g/mol. The number of carbonyl (C=O) groups is 1. The van der Waals surface area contributed by atoms with Crippen LogP contribution in [0.3, 0.4) is 0 Å². The van der Waals surface area contributed by atoms with Crippen LogP contribution in [0.4, 0.5) is 0 Å². The maximum absolute atomic E-state index is 12.9. The van der Waals surface area contributed by atoms with E-state index in [0.717, 1.165) is 109 Å². The minimum atomic E-state index is -5.04. The molecule has 6 N–H and O–H groups in total. The third-order valence-electron chi connectivity index (χ3n) is 12.8. The highest BCUT2D eigenvalue weighted by Gasteiger charge is 2.51. The van der Waals surface area contributed by atoms with Crippen LogP contribution in [-0.2, 0) is 27.9 Å². The second-order valence-corrected chi connectivity index (χ2v) is 20.8. The third-order valence-corrected chi connectivity index (χ3v) is 13.7. The lowest BCUT2D eigenvalue weighted by molar-refractivity contribution is -0.220. The van der Waals surface area contributed by atoms with Crippen LogP contribution < -0.4 is 0 Å². The summed E-state index contributed by atoms with van der Waals surface area (Å²) in [5, 5.41) is 50.4. The smallest absolute Gasteiger partial charge is 0.457 e. The van der Waals surface area contributed by atoms with Crippen LogP contribution in [0, 0.1) is 0 Å². The fourth-order valence-corrected chi connectivity index (χ4v) is 9.27. The van der Waals surface area contributed by atoms with Crippen molar-refractivity contribution in [3.05, 3.63) is 85.1 Å². The zero-order chi connectivity index (χ0) is 52.6. The Morgan fingerprint density at radius 2 is 0.819 bits per heavy atom. The molecule has 416 valence electrons. The summed E-state index contributed by atoms with van der Waals surface area (Å²) >= 11 is 0. The molecule has 12 nitrogen and oxygen atoms in total. The van der Waals surface area contributed by atoms with E-state index in [-0.39, 0.29) is 13.0 Å². The fourth-order valence-electron chi connectivity index (χ4n) is 8.30. The minimum absolute atomic E-state index is 0.0884. The fraction of sp³-hybridized carbons (Fsp3) is 0.746. The van der Waals surface area contributed by atoms with E-state index in [1.807, 2.05) is 0 Å². The van der Waals surface area contributed by atoms with Crippen molar-refractivity contribution in [2.75, 3.05) is 19.8 Å². The topological polar surface area (TPSA) is 192 Å². The van der Waals surface area contributed by atoms with Gasteiger partial charge >= 0.3 is 13.8 Å². The molecule has 1 aliphatic rings. The number of hydrogen-bond acceptors (Lipinski definition) is 11. The normalized spacial score (nSPS) is 21.3. The van der Waals surface area contributed by atoms with E-state index in [1.165, 1.54) is 83.5 Å². The zero-order valence-electron chi connectivity index (χ0n) is 45.0. The number of aliphatic hydroxyl groups is 5. The molecule has 1 rings (SSSR count). The highest BCUT2D eigenvalue weighted by molar-refractivity contribution is 7.47. The molecule has 0 amide bonds. The van der Waals surface area contributed by atoms with Gasteiger partial charge in [0.1, 0.15) is 42.7 Å². The van der Waals surface area contributed by atoms with Crippen molar-refractivity contribution in [2.24, 2.45) is 0 Å². The molecule has 0 aromatic heterocycles. The Kier molecular flexibility index (Phi) is 45.2. The summed E-state index contributed by atoms with van der Waals surface area (Å²) in [6.45, 7) is 4.13. The number of allylic oxidation sites excluding steroid dienone is 14. The average Bonchev–Trinajstić information content (AvgIpc) is 3.37. The number of rotatable bonds is 48. The number of carbonyl (C=O) groups excluding carboxylic acids is 1. The number of ether oxygens (including phenoxy) is 2. The van der Waals surface area contributed by atoms with E-state index >= 15 is 0 Å². The molecule has 0 heterocycles. The number of aliphatic hydroxyl groups excluding tert-OH is 5. The molecule has 1 saturated carbocycles. The largest absolute Gasteiger partial charge is 0.472 e. The van der Waals surface area contributed by atoms with Crippen LogP contribution in [0.15, 0.2) is 85.1 Å². The van der Waals surface area contributed by atoms with Crippen molar-refractivity contribution in [3.63, 3.8) is 0 Å². The van der Waals surface area contributed by atoms with Gasteiger partial charge in [0.15, 0.2) is 0 Å². The molecule has 1 fully saturated rings. The molecule has 0 aliphatic heterocycles. The van der Waals surface area contributed by atoms with Crippen LogP contribution in [0.5, 0.6) is 0 Å². The van der Waals surface area contributed by atoms with Crippen LogP contribution >= 0.6 is 7.82 Å². The molecule has 0 spiro atoms. The molecule has 6 atom stereocenters. The Morgan fingerprint density at radius 3 is 1.25 bits per heavy atom. The Hall–Kier alpha value is -2.48. The van der Waals surface area contributed by atoms with Gasteiger partial charge in [-0.3, -0.25) is 13.8 Å². The first kappa shape index (κ1) is 67.5. The lowest BCUT2D eigenvalue weighted by atomic mass is 9.85. The van der Waals surface area contributed by atoms with Gasteiger partial charge in [-0.05, 0) is 89.9 Å². The van der Waals surface area contributed by atoms with E-state index in [9.17, 15) is 39.8 Å². The second-order valence-electron chi connectivity index (χ2n) is 19.4. The standard InChI is InChI=1S/C59H103O12P/c1-3-5-7-9-11-13-15-17-19-21-23-25-26-27-29-31-33-35-37-39-41-43-45-47-49-68-50-52(51-69-72(66,67)71-59-57(64)55(62)54(61)56(63)58(59)65)70-53(60)48-46-44-42-40-38-36-34-32-30-28-24-22-20-18-16-14-12-10-8-6-4-2/h5,7,11,13,16-19,22-25,30,32,52,54-59,61-65H,3-4,6,8-10,12,14-15,20-21,26-29,31,33-51H2,1-2H3,(H,66,67)/b7-5-,13-11-,18-16-,19-17-,24-22-,25-23-,32-30-.